The van der Waals surface area contributed by atoms with Crippen molar-refractivity contribution in [1.29, 1.82) is 0 Å². The SMILES string of the molecule is COc1ccc(CN2C(=O)OCC2(C)C[C@@H](C)O)cc1. The second-order valence-corrected chi connectivity index (χ2v) is 5.54. The molecular formula is C15H21NO4. The number of benzene rings is 1. The summed E-state index contributed by atoms with van der Waals surface area (Å²) in [5, 5.41) is 9.61. The highest BCUT2D eigenvalue weighted by Crippen LogP contribution is 2.30. The van der Waals surface area contributed by atoms with Crippen molar-refractivity contribution in [2.24, 2.45) is 0 Å². The van der Waals surface area contributed by atoms with E-state index in [4.69, 9.17) is 9.47 Å². The fourth-order valence-electron chi connectivity index (χ4n) is 2.57. The Morgan fingerprint density at radius 1 is 1.45 bits per heavy atom. The molecule has 1 saturated heterocycles. The Hall–Kier alpha value is -1.75. The number of aliphatic hydroxyl groups excluding tert-OH is 1. The van der Waals surface area contributed by atoms with Crippen LogP contribution < -0.4 is 4.74 Å². The van der Waals surface area contributed by atoms with Gasteiger partial charge in [0.15, 0.2) is 0 Å². The van der Waals surface area contributed by atoms with Crippen LogP contribution in [-0.4, -0.2) is 41.5 Å². The lowest BCUT2D eigenvalue weighted by Gasteiger charge is -2.33. The molecule has 0 saturated carbocycles. The fourth-order valence-corrected chi connectivity index (χ4v) is 2.57. The van der Waals surface area contributed by atoms with Crippen molar-refractivity contribution < 1.29 is 19.4 Å². The largest absolute Gasteiger partial charge is 0.497 e. The molecule has 0 spiro atoms. The van der Waals surface area contributed by atoms with Crippen LogP contribution in [-0.2, 0) is 11.3 Å². The van der Waals surface area contributed by atoms with E-state index >= 15 is 0 Å². The van der Waals surface area contributed by atoms with E-state index in [0.29, 0.717) is 19.6 Å². The predicted molar refractivity (Wildman–Crippen MR) is 74.6 cm³/mol. The third-order valence-electron chi connectivity index (χ3n) is 3.61. The van der Waals surface area contributed by atoms with E-state index in [2.05, 4.69) is 0 Å². The van der Waals surface area contributed by atoms with Crippen LogP contribution in [0.25, 0.3) is 0 Å². The van der Waals surface area contributed by atoms with Crippen molar-refractivity contribution in [2.45, 2.75) is 38.5 Å². The van der Waals surface area contributed by atoms with Crippen LogP contribution in [0.2, 0.25) is 0 Å². The summed E-state index contributed by atoms with van der Waals surface area (Å²) >= 11 is 0. The number of cyclic esters (lactones) is 1. The standard InChI is InChI=1S/C15H21NO4/c1-11(17)8-15(2)10-20-14(18)16(15)9-12-4-6-13(19-3)7-5-12/h4-7,11,17H,8-10H2,1-3H3/t11-,15?/m1/s1. The highest BCUT2D eigenvalue weighted by atomic mass is 16.6. The van der Waals surface area contributed by atoms with Crippen LogP contribution in [0.1, 0.15) is 25.8 Å². The lowest BCUT2D eigenvalue weighted by atomic mass is 9.94. The summed E-state index contributed by atoms with van der Waals surface area (Å²) in [5.74, 6) is 0.782. The van der Waals surface area contributed by atoms with E-state index in [1.165, 1.54) is 0 Å². The minimum Gasteiger partial charge on any atom is -0.497 e. The smallest absolute Gasteiger partial charge is 0.410 e. The summed E-state index contributed by atoms with van der Waals surface area (Å²) in [6, 6.07) is 7.58. The molecular weight excluding hydrogens is 258 g/mol. The first-order valence-corrected chi connectivity index (χ1v) is 6.70. The zero-order valence-corrected chi connectivity index (χ0v) is 12.1. The highest BCUT2D eigenvalue weighted by molar-refractivity contribution is 5.71. The summed E-state index contributed by atoms with van der Waals surface area (Å²) < 4.78 is 10.3. The molecule has 5 nitrogen and oxygen atoms in total. The summed E-state index contributed by atoms with van der Waals surface area (Å²) in [6.07, 6.45) is -0.314. The zero-order chi connectivity index (χ0) is 14.8. The van der Waals surface area contributed by atoms with Gasteiger partial charge in [0.25, 0.3) is 0 Å². The number of nitrogens with zero attached hydrogens (tertiary/aromatic N) is 1. The molecule has 20 heavy (non-hydrogen) atoms. The highest BCUT2D eigenvalue weighted by Gasteiger charge is 2.44. The van der Waals surface area contributed by atoms with Crippen molar-refractivity contribution in [3.63, 3.8) is 0 Å². The van der Waals surface area contributed by atoms with Crippen molar-refractivity contribution >= 4 is 6.09 Å². The average molecular weight is 279 g/mol. The lowest BCUT2D eigenvalue weighted by molar-refractivity contribution is 0.0907. The number of aliphatic hydroxyl groups is 1. The Kier molecular flexibility index (Phi) is 4.18. The van der Waals surface area contributed by atoms with Gasteiger partial charge in [-0.05, 0) is 38.0 Å². The van der Waals surface area contributed by atoms with E-state index in [0.717, 1.165) is 11.3 Å². The minimum absolute atomic E-state index is 0.312. The molecule has 1 fully saturated rings. The van der Waals surface area contributed by atoms with Crippen LogP contribution >= 0.6 is 0 Å². The molecule has 2 atom stereocenters. The molecule has 0 radical (unpaired) electrons. The number of carbonyl (C=O) groups excluding carboxylic acids is 1. The maximum atomic E-state index is 11.9. The van der Waals surface area contributed by atoms with Gasteiger partial charge in [-0.25, -0.2) is 4.79 Å². The monoisotopic (exact) mass is 279 g/mol. The average Bonchev–Trinajstić information content (AvgIpc) is 2.67. The summed E-state index contributed by atoms with van der Waals surface area (Å²) in [7, 11) is 1.62. The lowest BCUT2D eigenvalue weighted by Crippen LogP contribution is -2.46. The second kappa shape index (κ2) is 5.71. The molecule has 1 amide bonds. The molecule has 0 bridgehead atoms. The van der Waals surface area contributed by atoms with Crippen molar-refractivity contribution in [3.05, 3.63) is 29.8 Å². The third kappa shape index (κ3) is 3.04. The third-order valence-corrected chi connectivity index (χ3v) is 3.61. The van der Waals surface area contributed by atoms with Gasteiger partial charge in [0.1, 0.15) is 12.4 Å². The summed E-state index contributed by atoms with van der Waals surface area (Å²) in [4.78, 5) is 13.6. The molecule has 1 heterocycles. The molecule has 1 unspecified atom stereocenters. The van der Waals surface area contributed by atoms with E-state index in [1.54, 1.807) is 18.9 Å². The van der Waals surface area contributed by atoms with Gasteiger partial charge in [-0.2, -0.15) is 0 Å². The van der Waals surface area contributed by atoms with Gasteiger partial charge in [-0.1, -0.05) is 12.1 Å². The normalized spacial score (nSPS) is 23.6. The summed E-state index contributed by atoms with van der Waals surface area (Å²) in [5.41, 5.74) is 0.534. The molecule has 5 heteroatoms. The molecule has 1 aromatic carbocycles. The number of rotatable bonds is 5. The van der Waals surface area contributed by atoms with E-state index in [1.807, 2.05) is 31.2 Å². The first-order valence-electron chi connectivity index (χ1n) is 6.70. The van der Waals surface area contributed by atoms with Crippen LogP contribution in [0.15, 0.2) is 24.3 Å². The summed E-state index contributed by atoms with van der Waals surface area (Å²) in [6.45, 7) is 4.44. The van der Waals surface area contributed by atoms with Crippen molar-refractivity contribution in [3.8, 4) is 5.75 Å². The van der Waals surface area contributed by atoms with Gasteiger partial charge in [-0.15, -0.1) is 0 Å². The molecule has 1 aliphatic rings. The quantitative estimate of drug-likeness (QED) is 0.897. The van der Waals surface area contributed by atoms with Gasteiger partial charge in [0.2, 0.25) is 0 Å². The van der Waals surface area contributed by atoms with Crippen molar-refractivity contribution in [1.82, 2.24) is 4.90 Å². The minimum atomic E-state index is -0.479. The Balaban J connectivity index is 2.13. The Bertz CT molecular complexity index is 471. The first-order chi connectivity index (χ1) is 9.44. The number of methoxy groups -OCH3 is 1. The molecule has 2 rings (SSSR count). The molecule has 0 aromatic heterocycles. The van der Waals surface area contributed by atoms with Crippen LogP contribution in [0.4, 0.5) is 4.79 Å². The van der Waals surface area contributed by atoms with Crippen LogP contribution in [0.5, 0.6) is 5.75 Å². The van der Waals surface area contributed by atoms with Crippen LogP contribution in [0, 0.1) is 0 Å². The van der Waals surface area contributed by atoms with Gasteiger partial charge in [0, 0.05) is 6.54 Å². The first kappa shape index (κ1) is 14.7. The number of hydrogen-bond donors (Lipinski definition) is 1. The number of carbonyl (C=O) groups is 1. The number of hydrogen-bond acceptors (Lipinski definition) is 4. The Morgan fingerprint density at radius 3 is 2.65 bits per heavy atom. The maximum absolute atomic E-state index is 11.9. The van der Waals surface area contributed by atoms with E-state index in [-0.39, 0.29) is 6.09 Å². The van der Waals surface area contributed by atoms with Gasteiger partial charge in [-0.3, -0.25) is 4.90 Å². The second-order valence-electron chi connectivity index (χ2n) is 5.54. The van der Waals surface area contributed by atoms with Gasteiger partial charge in [0.05, 0.1) is 18.8 Å². The number of amides is 1. The molecule has 1 N–H and O–H groups in total. The van der Waals surface area contributed by atoms with Crippen LogP contribution in [0.3, 0.4) is 0 Å². The fraction of sp³-hybridized carbons (Fsp3) is 0.533. The zero-order valence-electron chi connectivity index (χ0n) is 12.1. The topological polar surface area (TPSA) is 59.0 Å². The molecule has 110 valence electrons. The Morgan fingerprint density at radius 2 is 2.10 bits per heavy atom. The predicted octanol–water partition coefficient (Wildman–Crippen LogP) is 2.18. The maximum Gasteiger partial charge on any atom is 0.410 e. The van der Waals surface area contributed by atoms with E-state index < -0.39 is 11.6 Å². The molecule has 1 aliphatic heterocycles. The molecule has 1 aromatic rings. The van der Waals surface area contributed by atoms with Gasteiger partial charge < -0.3 is 14.6 Å². The molecule has 0 aliphatic carbocycles. The van der Waals surface area contributed by atoms with E-state index in [9.17, 15) is 9.90 Å². The number of ether oxygens (including phenoxy) is 2. The Labute approximate surface area is 119 Å². The van der Waals surface area contributed by atoms with Crippen molar-refractivity contribution in [2.75, 3.05) is 13.7 Å². The van der Waals surface area contributed by atoms with Gasteiger partial charge >= 0.3 is 6.09 Å².